The summed E-state index contributed by atoms with van der Waals surface area (Å²) in [6.07, 6.45) is 0.721. The van der Waals surface area contributed by atoms with Gasteiger partial charge in [-0.1, -0.05) is 30.7 Å². The smallest absolute Gasteiger partial charge is 0.264 e. The van der Waals surface area contributed by atoms with E-state index in [1.54, 1.807) is 55.5 Å². The van der Waals surface area contributed by atoms with Gasteiger partial charge in [0.05, 0.1) is 31.4 Å². The highest BCUT2D eigenvalue weighted by Crippen LogP contribution is 2.33. The largest absolute Gasteiger partial charge is 0.494 e. The number of halogens is 1. The Bertz CT molecular complexity index is 1480. The highest BCUT2D eigenvalue weighted by molar-refractivity contribution is 7.92. The lowest BCUT2D eigenvalue weighted by Crippen LogP contribution is -2.51. The maximum absolute atomic E-state index is 14.1. The molecule has 0 aliphatic carbocycles. The number of amides is 2. The van der Waals surface area contributed by atoms with Crippen molar-refractivity contribution in [3.8, 4) is 17.2 Å². The van der Waals surface area contributed by atoms with E-state index in [0.717, 1.165) is 16.3 Å². The Morgan fingerprint density at radius 1 is 0.930 bits per heavy atom. The number of methoxy groups -OCH3 is 2. The summed E-state index contributed by atoms with van der Waals surface area (Å²) in [5.74, 6) is 0.191. The van der Waals surface area contributed by atoms with E-state index in [1.807, 2.05) is 13.8 Å². The molecule has 0 spiro atoms. The summed E-state index contributed by atoms with van der Waals surface area (Å²) in [6, 6.07) is 16.6. The molecule has 10 nitrogen and oxygen atoms in total. The average Bonchev–Trinajstić information content (AvgIpc) is 3.01. The number of hydrogen-bond donors (Lipinski definition) is 1. The molecule has 0 radical (unpaired) electrons. The van der Waals surface area contributed by atoms with Gasteiger partial charge in [-0.05, 0) is 74.4 Å². The molecule has 232 valence electrons. The zero-order chi connectivity index (χ0) is 31.6. The van der Waals surface area contributed by atoms with Crippen LogP contribution in [0.1, 0.15) is 32.8 Å². The molecular weight excluding hydrogens is 594 g/mol. The maximum Gasteiger partial charge on any atom is 0.264 e. The van der Waals surface area contributed by atoms with E-state index in [9.17, 15) is 18.0 Å². The van der Waals surface area contributed by atoms with Crippen molar-refractivity contribution < 1.29 is 32.2 Å². The SMILES string of the molecule is CCCNC(=O)C(C)N(Cc1ccc(Cl)cc1)C(=O)CN(c1ccc(OCC)cc1)S(=O)(=O)c1ccc(OC)c(OC)c1. The highest BCUT2D eigenvalue weighted by Gasteiger charge is 2.33. The Hall–Kier alpha value is -3.96. The van der Waals surface area contributed by atoms with Crippen LogP contribution < -0.4 is 23.8 Å². The zero-order valence-electron chi connectivity index (χ0n) is 25.0. The summed E-state index contributed by atoms with van der Waals surface area (Å²) in [7, 11) is -1.46. The number of ether oxygens (including phenoxy) is 3. The summed E-state index contributed by atoms with van der Waals surface area (Å²) in [5, 5.41) is 3.35. The maximum atomic E-state index is 14.1. The van der Waals surface area contributed by atoms with E-state index in [-0.39, 0.29) is 28.8 Å². The van der Waals surface area contributed by atoms with Gasteiger partial charge in [0.2, 0.25) is 11.8 Å². The molecule has 0 aromatic heterocycles. The number of sulfonamides is 1. The molecule has 1 N–H and O–H groups in total. The van der Waals surface area contributed by atoms with Crippen LogP contribution in [0.15, 0.2) is 71.6 Å². The minimum Gasteiger partial charge on any atom is -0.494 e. The van der Waals surface area contributed by atoms with Crippen LogP contribution in [0.2, 0.25) is 5.02 Å². The zero-order valence-corrected chi connectivity index (χ0v) is 26.6. The fraction of sp³-hybridized carbons (Fsp3) is 0.355. The molecule has 0 saturated heterocycles. The minimum absolute atomic E-state index is 0.0598. The van der Waals surface area contributed by atoms with E-state index < -0.39 is 28.5 Å². The van der Waals surface area contributed by atoms with E-state index in [0.29, 0.717) is 29.7 Å². The summed E-state index contributed by atoms with van der Waals surface area (Å²) >= 11 is 6.05. The van der Waals surface area contributed by atoms with Gasteiger partial charge in [0.1, 0.15) is 18.3 Å². The Balaban J connectivity index is 2.07. The number of anilines is 1. The molecule has 0 aliphatic heterocycles. The minimum atomic E-state index is -4.31. The lowest BCUT2D eigenvalue weighted by Gasteiger charge is -2.32. The fourth-order valence-electron chi connectivity index (χ4n) is 4.27. The quantitative estimate of drug-likeness (QED) is 0.254. The van der Waals surface area contributed by atoms with Crippen molar-refractivity contribution in [2.75, 3.05) is 38.2 Å². The number of nitrogens with one attached hydrogen (secondary N) is 1. The summed E-state index contributed by atoms with van der Waals surface area (Å²) in [6.45, 7) is 5.74. The van der Waals surface area contributed by atoms with Crippen molar-refractivity contribution in [3.05, 3.63) is 77.3 Å². The molecule has 12 heteroatoms. The summed E-state index contributed by atoms with van der Waals surface area (Å²) < 4.78 is 45.4. The van der Waals surface area contributed by atoms with Gasteiger partial charge in [0, 0.05) is 24.2 Å². The summed E-state index contributed by atoms with van der Waals surface area (Å²) in [5.41, 5.74) is 0.962. The molecule has 0 heterocycles. The average molecular weight is 632 g/mol. The van der Waals surface area contributed by atoms with Crippen molar-refractivity contribution in [1.82, 2.24) is 10.2 Å². The molecule has 1 atom stereocenters. The first-order valence-corrected chi connectivity index (χ1v) is 15.7. The second-order valence-electron chi connectivity index (χ2n) is 9.57. The molecule has 43 heavy (non-hydrogen) atoms. The van der Waals surface area contributed by atoms with Crippen LogP contribution in [-0.4, -0.2) is 65.1 Å². The van der Waals surface area contributed by atoms with Crippen LogP contribution in [0.3, 0.4) is 0 Å². The van der Waals surface area contributed by atoms with Crippen LogP contribution in [0.25, 0.3) is 0 Å². The summed E-state index contributed by atoms with van der Waals surface area (Å²) in [4.78, 5) is 28.3. The van der Waals surface area contributed by atoms with Crippen molar-refractivity contribution in [2.24, 2.45) is 0 Å². The van der Waals surface area contributed by atoms with Crippen LogP contribution in [-0.2, 0) is 26.2 Å². The van der Waals surface area contributed by atoms with Gasteiger partial charge in [-0.25, -0.2) is 8.42 Å². The predicted molar refractivity (Wildman–Crippen MR) is 166 cm³/mol. The number of rotatable bonds is 15. The van der Waals surface area contributed by atoms with Crippen LogP contribution in [0.4, 0.5) is 5.69 Å². The standard InChI is InChI=1S/C31H38ClN3O7S/c1-6-18-33-31(37)22(3)34(20-23-8-10-24(32)11-9-23)30(36)21-35(25-12-14-26(15-13-25)42-7-2)43(38,39)27-16-17-28(40-4)29(19-27)41-5/h8-17,19,22H,6-7,18,20-21H2,1-5H3,(H,33,37). The molecule has 2 amide bonds. The molecule has 0 aliphatic rings. The third-order valence-electron chi connectivity index (χ3n) is 6.64. The third kappa shape index (κ3) is 8.55. The van der Waals surface area contributed by atoms with Gasteiger partial charge in [-0.2, -0.15) is 0 Å². The first-order chi connectivity index (χ1) is 20.5. The Morgan fingerprint density at radius 2 is 1.58 bits per heavy atom. The van der Waals surface area contributed by atoms with Crippen LogP contribution in [0.5, 0.6) is 17.2 Å². The van der Waals surface area contributed by atoms with Crippen molar-refractivity contribution >= 4 is 39.1 Å². The Labute approximate surface area is 258 Å². The monoisotopic (exact) mass is 631 g/mol. The molecule has 3 rings (SSSR count). The van der Waals surface area contributed by atoms with Crippen molar-refractivity contribution in [3.63, 3.8) is 0 Å². The van der Waals surface area contributed by atoms with E-state index in [4.69, 9.17) is 25.8 Å². The molecule has 3 aromatic rings. The second-order valence-corrected chi connectivity index (χ2v) is 11.9. The molecular formula is C31H38ClN3O7S. The predicted octanol–water partition coefficient (Wildman–Crippen LogP) is 4.89. The number of hydrogen-bond acceptors (Lipinski definition) is 7. The first kappa shape index (κ1) is 33.5. The highest BCUT2D eigenvalue weighted by atomic mass is 35.5. The number of carbonyl (C=O) groups excluding carboxylic acids is 2. The lowest BCUT2D eigenvalue weighted by atomic mass is 10.1. The molecule has 3 aromatic carbocycles. The van der Waals surface area contributed by atoms with Crippen molar-refractivity contribution in [1.29, 1.82) is 0 Å². The van der Waals surface area contributed by atoms with Gasteiger partial charge < -0.3 is 24.4 Å². The fourth-order valence-corrected chi connectivity index (χ4v) is 5.83. The molecule has 0 bridgehead atoms. The van der Waals surface area contributed by atoms with E-state index in [2.05, 4.69) is 5.32 Å². The molecule has 0 fully saturated rings. The van der Waals surface area contributed by atoms with E-state index in [1.165, 1.54) is 37.3 Å². The lowest BCUT2D eigenvalue weighted by molar-refractivity contribution is -0.139. The van der Waals surface area contributed by atoms with Crippen molar-refractivity contribution in [2.45, 2.75) is 44.7 Å². The number of nitrogens with zero attached hydrogens (tertiary/aromatic N) is 2. The van der Waals surface area contributed by atoms with Crippen LogP contribution in [0, 0.1) is 0 Å². The van der Waals surface area contributed by atoms with E-state index >= 15 is 0 Å². The van der Waals surface area contributed by atoms with Gasteiger partial charge >= 0.3 is 0 Å². The third-order valence-corrected chi connectivity index (χ3v) is 8.66. The topological polar surface area (TPSA) is 114 Å². The van der Waals surface area contributed by atoms with Gasteiger partial charge in [0.25, 0.3) is 10.0 Å². The normalized spacial score (nSPS) is 11.8. The number of benzene rings is 3. The molecule has 1 unspecified atom stereocenters. The first-order valence-electron chi connectivity index (χ1n) is 13.8. The van der Waals surface area contributed by atoms with Crippen LogP contribution >= 0.6 is 11.6 Å². The molecule has 0 saturated carbocycles. The second kappa shape index (κ2) is 15.5. The Kier molecular flexibility index (Phi) is 12.1. The van der Waals surface area contributed by atoms with Gasteiger partial charge in [-0.3, -0.25) is 13.9 Å². The van der Waals surface area contributed by atoms with Gasteiger partial charge in [0.15, 0.2) is 11.5 Å². The number of carbonyl (C=O) groups is 2. The Morgan fingerprint density at radius 3 is 2.16 bits per heavy atom. The van der Waals surface area contributed by atoms with Gasteiger partial charge in [-0.15, -0.1) is 0 Å².